The number of para-hydroxylation sites is 1. The highest BCUT2D eigenvalue weighted by atomic mass is 32.1. The molecule has 238 valence electrons. The van der Waals surface area contributed by atoms with E-state index in [2.05, 4.69) is 84.4 Å². The Labute approximate surface area is 274 Å². The molecule has 1 fully saturated rings. The van der Waals surface area contributed by atoms with E-state index in [0.717, 1.165) is 43.7 Å². The van der Waals surface area contributed by atoms with Crippen molar-refractivity contribution in [2.24, 2.45) is 11.0 Å². The molecule has 46 heavy (non-hydrogen) atoms. The standard InChI is InChI=1S/C35H40N8O2S/c1-25(2)22-28-12-14-29(15-13-28)27(4)33-37-41(24-39-18-20-40(21-19-39)30-8-6-5-7-9-30)35(46)43(33)36-23-32-34(44)45-38-42(32)31-16-10-26(3)11-17-31/h5-17,23,25,27H,18-22,24H2,1-4H3. The van der Waals surface area contributed by atoms with Crippen molar-refractivity contribution in [3.8, 4) is 11.6 Å². The number of hydrogen-bond donors (Lipinski definition) is 0. The predicted molar refractivity (Wildman–Crippen MR) is 179 cm³/mol. The first-order chi connectivity index (χ1) is 22.3. The molecule has 0 saturated carbocycles. The summed E-state index contributed by atoms with van der Waals surface area (Å²) < 4.78 is 10.4. The Morgan fingerprint density at radius 1 is 0.957 bits per heavy atom. The summed E-state index contributed by atoms with van der Waals surface area (Å²) in [6, 6.07) is 26.8. The molecule has 11 heteroatoms. The minimum atomic E-state index is -0.588. The van der Waals surface area contributed by atoms with Gasteiger partial charge in [-0.15, -0.1) is 0 Å². The van der Waals surface area contributed by atoms with E-state index in [0.29, 0.717) is 28.9 Å². The van der Waals surface area contributed by atoms with Gasteiger partial charge in [0, 0.05) is 49.9 Å². The normalized spacial score (nSPS) is 14.8. The van der Waals surface area contributed by atoms with Crippen LogP contribution in [0.4, 0.5) is 5.69 Å². The highest BCUT2D eigenvalue weighted by molar-refractivity contribution is 7.71. The first-order valence-electron chi connectivity index (χ1n) is 15.8. The molecule has 1 aliphatic heterocycles. The molecule has 6 rings (SSSR count). The largest absolute Gasteiger partial charge is 0.539 e. The molecule has 2 aromatic heterocycles. The van der Waals surface area contributed by atoms with Gasteiger partial charge in [-0.1, -0.05) is 80.9 Å². The zero-order valence-electron chi connectivity index (χ0n) is 26.8. The van der Waals surface area contributed by atoms with E-state index in [4.69, 9.17) is 26.9 Å². The van der Waals surface area contributed by atoms with Crippen molar-refractivity contribution < 1.29 is 14.3 Å². The Morgan fingerprint density at radius 2 is 1.65 bits per heavy atom. The summed E-state index contributed by atoms with van der Waals surface area (Å²) >= 11 is 5.98. The predicted octanol–water partition coefficient (Wildman–Crippen LogP) is 5.07. The minimum absolute atomic E-state index is 0.110. The van der Waals surface area contributed by atoms with E-state index in [1.165, 1.54) is 22.1 Å². The van der Waals surface area contributed by atoms with Gasteiger partial charge in [-0.2, -0.15) is 14.9 Å². The third kappa shape index (κ3) is 6.95. The number of anilines is 1. The average molecular weight is 637 g/mol. The number of benzene rings is 3. The first kappa shape index (κ1) is 31.4. The molecule has 3 aromatic carbocycles. The van der Waals surface area contributed by atoms with E-state index >= 15 is 0 Å². The van der Waals surface area contributed by atoms with Gasteiger partial charge in [-0.3, -0.25) is 4.90 Å². The lowest BCUT2D eigenvalue weighted by Gasteiger charge is -2.35. The van der Waals surface area contributed by atoms with E-state index in [-0.39, 0.29) is 11.6 Å². The van der Waals surface area contributed by atoms with Crippen molar-refractivity contribution >= 4 is 24.1 Å². The van der Waals surface area contributed by atoms with Crippen LogP contribution in [0.1, 0.15) is 54.9 Å². The molecule has 0 spiro atoms. The Kier molecular flexibility index (Phi) is 9.41. The molecule has 5 aromatic rings. The summed E-state index contributed by atoms with van der Waals surface area (Å²) in [5.41, 5.74) is 5.63. The second-order valence-electron chi connectivity index (χ2n) is 12.3. The number of hydrogen-bond acceptors (Lipinski definition) is 8. The van der Waals surface area contributed by atoms with Crippen LogP contribution >= 0.6 is 12.2 Å². The summed E-state index contributed by atoms with van der Waals surface area (Å²) in [5.74, 6) is 0.571. The lowest BCUT2D eigenvalue weighted by atomic mass is 9.96. The van der Waals surface area contributed by atoms with Crippen molar-refractivity contribution in [2.75, 3.05) is 31.1 Å². The zero-order valence-corrected chi connectivity index (χ0v) is 27.6. The van der Waals surface area contributed by atoms with Crippen molar-refractivity contribution in [3.63, 3.8) is 0 Å². The summed E-state index contributed by atoms with van der Waals surface area (Å²) in [6.45, 7) is 12.7. The Balaban J connectivity index is 1.30. The van der Waals surface area contributed by atoms with Gasteiger partial charge in [-0.05, 0) is 59.4 Å². The van der Waals surface area contributed by atoms with Gasteiger partial charge in [-0.25, -0.2) is 4.68 Å². The number of nitrogens with zero attached hydrogens (tertiary/aromatic N) is 8. The number of piperazine rings is 1. The van der Waals surface area contributed by atoms with Crippen LogP contribution in [-0.2, 0) is 13.1 Å². The van der Waals surface area contributed by atoms with Crippen LogP contribution in [0.25, 0.3) is 5.69 Å². The smallest absolute Gasteiger partial charge is 0.283 e. The van der Waals surface area contributed by atoms with Crippen LogP contribution in [-0.4, -0.2) is 57.0 Å². The van der Waals surface area contributed by atoms with E-state index in [9.17, 15) is 5.11 Å². The van der Waals surface area contributed by atoms with Gasteiger partial charge >= 0.3 is 0 Å². The molecule has 0 N–H and O–H groups in total. The second kappa shape index (κ2) is 13.8. The maximum absolute atomic E-state index is 12.7. The summed E-state index contributed by atoms with van der Waals surface area (Å²) in [4.78, 5) is 4.75. The highest BCUT2D eigenvalue weighted by Crippen LogP contribution is 2.25. The summed E-state index contributed by atoms with van der Waals surface area (Å²) in [6.07, 6.45) is 2.49. The van der Waals surface area contributed by atoms with Gasteiger partial charge in [0.05, 0.1) is 11.9 Å². The van der Waals surface area contributed by atoms with Crippen molar-refractivity contribution in [1.82, 2.24) is 24.6 Å². The molecular weight excluding hydrogens is 597 g/mol. The zero-order chi connectivity index (χ0) is 32.2. The molecule has 1 saturated heterocycles. The van der Waals surface area contributed by atoms with Crippen molar-refractivity contribution in [1.29, 1.82) is 0 Å². The van der Waals surface area contributed by atoms with Crippen molar-refractivity contribution in [2.45, 2.75) is 46.7 Å². The highest BCUT2D eigenvalue weighted by Gasteiger charge is 2.24. The Bertz CT molecular complexity index is 1830. The van der Waals surface area contributed by atoms with Gasteiger partial charge < -0.3 is 14.5 Å². The lowest BCUT2D eigenvalue weighted by Crippen LogP contribution is -2.47. The second-order valence-corrected chi connectivity index (χ2v) is 12.7. The Morgan fingerprint density at radius 3 is 2.33 bits per heavy atom. The maximum Gasteiger partial charge on any atom is 0.283 e. The van der Waals surface area contributed by atoms with E-state index in [1.807, 2.05) is 41.9 Å². The van der Waals surface area contributed by atoms with E-state index in [1.54, 1.807) is 4.68 Å². The molecule has 1 atom stereocenters. The van der Waals surface area contributed by atoms with Crippen molar-refractivity contribution in [3.05, 3.63) is 112 Å². The molecule has 3 heterocycles. The topological polar surface area (TPSA) is 94.6 Å². The van der Waals surface area contributed by atoms with Crippen LogP contribution in [0.5, 0.6) is 5.95 Å². The van der Waals surface area contributed by atoms with Crippen LogP contribution in [0, 0.1) is 17.6 Å². The van der Waals surface area contributed by atoms with Crippen LogP contribution in [0.15, 0.2) is 88.5 Å². The van der Waals surface area contributed by atoms with Crippen LogP contribution in [0.2, 0.25) is 0 Å². The third-order valence-corrected chi connectivity index (χ3v) is 8.78. The summed E-state index contributed by atoms with van der Waals surface area (Å²) in [7, 11) is 0. The molecule has 0 bridgehead atoms. The van der Waals surface area contributed by atoms with E-state index < -0.39 is 5.95 Å². The van der Waals surface area contributed by atoms with Gasteiger partial charge in [0.25, 0.3) is 5.69 Å². The molecule has 10 nitrogen and oxygen atoms in total. The maximum atomic E-state index is 12.7. The molecule has 0 amide bonds. The quantitative estimate of drug-likeness (QED) is 0.120. The number of aromatic nitrogens is 5. The fourth-order valence-corrected chi connectivity index (χ4v) is 6.01. The average Bonchev–Trinajstić information content (AvgIpc) is 3.59. The van der Waals surface area contributed by atoms with Gasteiger partial charge in [0.1, 0.15) is 6.21 Å². The van der Waals surface area contributed by atoms with Crippen LogP contribution < -0.4 is 14.7 Å². The lowest BCUT2D eigenvalue weighted by molar-refractivity contribution is -0.671. The first-order valence-corrected chi connectivity index (χ1v) is 16.2. The molecule has 1 unspecified atom stereocenters. The monoisotopic (exact) mass is 636 g/mol. The number of rotatable bonds is 10. The minimum Gasteiger partial charge on any atom is -0.539 e. The van der Waals surface area contributed by atoms with Gasteiger partial charge in [0.15, 0.2) is 11.8 Å². The molecular formula is C35H40N8O2S. The molecule has 0 aliphatic carbocycles. The molecule has 1 aliphatic rings. The number of aryl methyl sites for hydroxylation is 1. The van der Waals surface area contributed by atoms with Crippen LogP contribution in [0.3, 0.4) is 0 Å². The third-order valence-electron chi connectivity index (χ3n) is 8.40. The fraction of sp³-hybridized carbons (Fsp3) is 0.343. The van der Waals surface area contributed by atoms with Gasteiger partial charge in [0.2, 0.25) is 10.5 Å². The SMILES string of the molecule is Cc1ccc(-[n+]2noc([O-])c2/C=N/n2c(C(C)c3ccc(CC(C)C)cc3)nn(CN3CCN(c4ccccc4)CC3)c2=S)cc1. The Hall–Kier alpha value is -4.61. The molecule has 0 radical (unpaired) electrons. The summed E-state index contributed by atoms with van der Waals surface area (Å²) in [5, 5.41) is 26.5. The fourth-order valence-electron chi connectivity index (χ4n) is 5.77.